The molecular weight excluding hydrogens is 334 g/mol. The van der Waals surface area contributed by atoms with E-state index in [9.17, 15) is 4.79 Å². The van der Waals surface area contributed by atoms with Gasteiger partial charge in [-0.3, -0.25) is 9.78 Å². The van der Waals surface area contributed by atoms with Crippen LogP contribution in [0.15, 0.2) is 51.5 Å². The van der Waals surface area contributed by atoms with Crippen LogP contribution in [0.25, 0.3) is 0 Å². The van der Waals surface area contributed by atoms with Crippen LogP contribution >= 0.6 is 31.9 Å². The summed E-state index contributed by atoms with van der Waals surface area (Å²) in [4.78, 5) is 16.1. The number of hydrogen-bond acceptors (Lipinski definition) is 2. The predicted octanol–water partition coefficient (Wildman–Crippen LogP) is 3.84. The van der Waals surface area contributed by atoms with E-state index in [-0.39, 0.29) is 5.78 Å². The maximum absolute atomic E-state index is 12.0. The Labute approximate surface area is 110 Å². The van der Waals surface area contributed by atoms with Crippen molar-refractivity contribution in [3.8, 4) is 0 Å². The average Bonchev–Trinajstić information content (AvgIpc) is 2.28. The van der Waals surface area contributed by atoms with Crippen molar-refractivity contribution >= 4 is 37.6 Å². The third-order valence-electron chi connectivity index (χ3n) is 2.02. The fourth-order valence-corrected chi connectivity index (χ4v) is 2.62. The number of hydrogen-bond donors (Lipinski definition) is 0. The molecule has 0 saturated heterocycles. The Hall–Kier alpha value is -1.00. The molecular formula is C12H7Br2NO. The molecule has 0 N–H and O–H groups in total. The monoisotopic (exact) mass is 339 g/mol. The number of nitrogens with zero attached hydrogens (tertiary/aromatic N) is 1. The third-order valence-corrected chi connectivity index (χ3v) is 2.94. The van der Waals surface area contributed by atoms with E-state index >= 15 is 0 Å². The molecule has 0 atom stereocenters. The Morgan fingerprint density at radius 1 is 1.06 bits per heavy atom. The molecule has 2 nitrogen and oxygen atoms in total. The van der Waals surface area contributed by atoms with Gasteiger partial charge in [-0.15, -0.1) is 0 Å². The van der Waals surface area contributed by atoms with Gasteiger partial charge in [-0.05, 0) is 30.3 Å². The van der Waals surface area contributed by atoms with Gasteiger partial charge in [0.15, 0.2) is 0 Å². The molecule has 0 amide bonds. The van der Waals surface area contributed by atoms with E-state index in [1.54, 1.807) is 36.5 Å². The van der Waals surface area contributed by atoms with Crippen LogP contribution in [0, 0.1) is 0 Å². The first-order valence-corrected chi connectivity index (χ1v) is 6.17. The molecule has 1 aromatic carbocycles. The summed E-state index contributed by atoms with van der Waals surface area (Å²) in [6, 6.07) is 10.7. The SMILES string of the molecule is O=C(c1cc(Br)cc(Br)c1)c1ccccn1. The van der Waals surface area contributed by atoms with Crippen molar-refractivity contribution in [1.82, 2.24) is 4.98 Å². The zero-order valence-corrected chi connectivity index (χ0v) is 11.3. The molecule has 0 radical (unpaired) electrons. The number of benzene rings is 1. The molecule has 0 aliphatic rings. The Morgan fingerprint density at radius 3 is 2.31 bits per heavy atom. The average molecular weight is 341 g/mol. The number of halogens is 2. The van der Waals surface area contributed by atoms with Gasteiger partial charge >= 0.3 is 0 Å². The smallest absolute Gasteiger partial charge is 0.211 e. The summed E-state index contributed by atoms with van der Waals surface area (Å²) in [5.41, 5.74) is 1.06. The lowest BCUT2D eigenvalue weighted by Crippen LogP contribution is -2.03. The second-order valence-corrected chi connectivity index (χ2v) is 5.03. The van der Waals surface area contributed by atoms with Crippen LogP contribution in [-0.2, 0) is 0 Å². The number of ketones is 1. The molecule has 16 heavy (non-hydrogen) atoms. The van der Waals surface area contributed by atoms with E-state index in [1.807, 2.05) is 6.07 Å². The summed E-state index contributed by atoms with van der Waals surface area (Å²) in [5, 5.41) is 0. The van der Waals surface area contributed by atoms with Crippen molar-refractivity contribution in [3.05, 3.63) is 62.8 Å². The summed E-state index contributed by atoms with van der Waals surface area (Å²) in [6.07, 6.45) is 1.61. The first kappa shape index (κ1) is 11.5. The number of carbonyl (C=O) groups excluding carboxylic acids is 1. The van der Waals surface area contributed by atoms with Crippen molar-refractivity contribution in [3.63, 3.8) is 0 Å². The highest BCUT2D eigenvalue weighted by molar-refractivity contribution is 9.11. The lowest BCUT2D eigenvalue weighted by Gasteiger charge is -2.02. The molecule has 0 saturated carbocycles. The fourth-order valence-electron chi connectivity index (χ4n) is 1.33. The lowest BCUT2D eigenvalue weighted by atomic mass is 10.1. The van der Waals surface area contributed by atoms with Crippen LogP contribution in [0.1, 0.15) is 16.1 Å². The summed E-state index contributed by atoms with van der Waals surface area (Å²) in [5.74, 6) is -0.0809. The molecule has 0 aliphatic carbocycles. The summed E-state index contributed by atoms with van der Waals surface area (Å²) in [6.45, 7) is 0. The van der Waals surface area contributed by atoms with Gasteiger partial charge in [0.05, 0.1) is 0 Å². The molecule has 1 heterocycles. The maximum Gasteiger partial charge on any atom is 0.211 e. The zero-order chi connectivity index (χ0) is 11.5. The molecule has 0 spiro atoms. The molecule has 0 unspecified atom stereocenters. The van der Waals surface area contributed by atoms with Crippen LogP contribution in [0.5, 0.6) is 0 Å². The van der Waals surface area contributed by atoms with Crippen LogP contribution in [0.4, 0.5) is 0 Å². The Bertz CT molecular complexity index is 506. The van der Waals surface area contributed by atoms with Gasteiger partial charge in [-0.1, -0.05) is 37.9 Å². The van der Waals surface area contributed by atoms with Crippen LogP contribution in [0.3, 0.4) is 0 Å². The van der Waals surface area contributed by atoms with Crippen molar-refractivity contribution < 1.29 is 4.79 Å². The second kappa shape index (κ2) is 4.89. The first-order chi connectivity index (χ1) is 7.66. The Balaban J connectivity index is 2.42. The van der Waals surface area contributed by atoms with Gasteiger partial charge in [0.25, 0.3) is 0 Å². The van der Waals surface area contributed by atoms with E-state index < -0.39 is 0 Å². The summed E-state index contributed by atoms with van der Waals surface area (Å²) in [7, 11) is 0. The number of carbonyl (C=O) groups is 1. The van der Waals surface area contributed by atoms with E-state index in [2.05, 4.69) is 36.8 Å². The van der Waals surface area contributed by atoms with Crippen molar-refractivity contribution in [2.24, 2.45) is 0 Å². The van der Waals surface area contributed by atoms with Gasteiger partial charge in [0.2, 0.25) is 5.78 Å². The predicted molar refractivity (Wildman–Crippen MR) is 69.5 cm³/mol. The van der Waals surface area contributed by atoms with Gasteiger partial charge in [-0.25, -0.2) is 0 Å². The molecule has 0 aliphatic heterocycles. The molecule has 0 bridgehead atoms. The van der Waals surface area contributed by atoms with Crippen LogP contribution < -0.4 is 0 Å². The summed E-state index contributed by atoms with van der Waals surface area (Å²) >= 11 is 6.70. The highest BCUT2D eigenvalue weighted by Crippen LogP contribution is 2.21. The highest BCUT2D eigenvalue weighted by atomic mass is 79.9. The minimum Gasteiger partial charge on any atom is -0.287 e. The van der Waals surface area contributed by atoms with E-state index in [0.29, 0.717) is 11.3 Å². The number of rotatable bonds is 2. The van der Waals surface area contributed by atoms with Gasteiger partial charge < -0.3 is 0 Å². The van der Waals surface area contributed by atoms with E-state index in [1.165, 1.54) is 0 Å². The maximum atomic E-state index is 12.0. The minimum atomic E-state index is -0.0809. The molecule has 4 heteroatoms. The summed E-state index contributed by atoms with van der Waals surface area (Å²) < 4.78 is 1.72. The van der Waals surface area contributed by atoms with E-state index in [0.717, 1.165) is 8.95 Å². The first-order valence-electron chi connectivity index (χ1n) is 4.58. The quantitative estimate of drug-likeness (QED) is 0.777. The minimum absolute atomic E-state index is 0.0809. The Morgan fingerprint density at radius 2 is 1.75 bits per heavy atom. The molecule has 2 rings (SSSR count). The number of aromatic nitrogens is 1. The van der Waals surface area contributed by atoms with Crippen molar-refractivity contribution in [2.45, 2.75) is 0 Å². The lowest BCUT2D eigenvalue weighted by molar-refractivity contribution is 0.103. The molecule has 2 aromatic rings. The van der Waals surface area contributed by atoms with Gasteiger partial charge in [0.1, 0.15) is 5.69 Å². The van der Waals surface area contributed by atoms with Gasteiger partial charge in [0, 0.05) is 20.7 Å². The zero-order valence-electron chi connectivity index (χ0n) is 8.15. The highest BCUT2D eigenvalue weighted by Gasteiger charge is 2.10. The fraction of sp³-hybridized carbons (Fsp3) is 0. The van der Waals surface area contributed by atoms with Gasteiger partial charge in [-0.2, -0.15) is 0 Å². The second-order valence-electron chi connectivity index (χ2n) is 3.20. The van der Waals surface area contributed by atoms with Crippen LogP contribution in [-0.4, -0.2) is 10.8 Å². The van der Waals surface area contributed by atoms with Crippen molar-refractivity contribution in [1.29, 1.82) is 0 Å². The molecule has 1 aromatic heterocycles. The topological polar surface area (TPSA) is 30.0 Å². The Kier molecular flexibility index (Phi) is 3.51. The molecule has 80 valence electrons. The third kappa shape index (κ3) is 2.57. The van der Waals surface area contributed by atoms with E-state index in [4.69, 9.17) is 0 Å². The van der Waals surface area contributed by atoms with Crippen LogP contribution in [0.2, 0.25) is 0 Å². The number of pyridine rings is 1. The largest absolute Gasteiger partial charge is 0.287 e. The van der Waals surface area contributed by atoms with Crippen molar-refractivity contribution in [2.75, 3.05) is 0 Å². The molecule has 0 fully saturated rings. The normalized spacial score (nSPS) is 10.1. The standard InChI is InChI=1S/C12H7Br2NO/c13-9-5-8(6-10(14)7-9)12(16)11-3-1-2-4-15-11/h1-7H.